The Morgan fingerprint density at radius 3 is 2.64 bits per heavy atom. The largest absolute Gasteiger partial charge is 0.351 e. The fourth-order valence-corrected chi connectivity index (χ4v) is 1.84. The highest BCUT2D eigenvalue weighted by Gasteiger charge is 1.99. The molecular formula is C12H9OS-. The second-order valence-corrected chi connectivity index (χ2v) is 3.73. The molecule has 2 rings (SSSR count). The monoisotopic (exact) mass is 201 g/mol. The van der Waals surface area contributed by atoms with Crippen LogP contribution in [0, 0.1) is 5.38 Å². The molecule has 2 heteroatoms. The van der Waals surface area contributed by atoms with Gasteiger partial charge >= 0.3 is 0 Å². The highest BCUT2D eigenvalue weighted by molar-refractivity contribution is 7.07. The van der Waals surface area contributed by atoms with Gasteiger partial charge in [0.25, 0.3) is 0 Å². The third-order valence-corrected chi connectivity index (χ3v) is 2.59. The topological polar surface area (TPSA) is 17.1 Å². The molecule has 0 aliphatic heterocycles. The molecule has 0 atom stereocenters. The number of hydrogen-bond acceptors (Lipinski definition) is 2. The lowest BCUT2D eigenvalue weighted by Gasteiger charge is -2.03. The van der Waals surface area contributed by atoms with Crippen molar-refractivity contribution in [3.63, 3.8) is 0 Å². The maximum atomic E-state index is 11.7. The van der Waals surface area contributed by atoms with Crippen molar-refractivity contribution in [3.05, 3.63) is 58.3 Å². The number of ketones is 1. The average molecular weight is 201 g/mol. The van der Waals surface area contributed by atoms with Crippen molar-refractivity contribution >= 4 is 17.1 Å². The Balaban J connectivity index is 2.10. The molecule has 1 heterocycles. The Bertz CT molecular complexity index is 403. The van der Waals surface area contributed by atoms with Gasteiger partial charge in [-0.1, -0.05) is 35.7 Å². The molecule has 1 aromatic heterocycles. The van der Waals surface area contributed by atoms with Gasteiger partial charge in [-0.2, -0.15) is 6.07 Å². The van der Waals surface area contributed by atoms with Gasteiger partial charge in [0.15, 0.2) is 0 Å². The van der Waals surface area contributed by atoms with Crippen molar-refractivity contribution in [3.8, 4) is 0 Å². The van der Waals surface area contributed by atoms with Gasteiger partial charge in [0.2, 0.25) is 0 Å². The number of thiophene rings is 1. The molecule has 70 valence electrons. The lowest BCUT2D eigenvalue weighted by Crippen LogP contribution is -2.01. The first-order chi connectivity index (χ1) is 6.86. The number of rotatable bonds is 3. The van der Waals surface area contributed by atoms with E-state index in [9.17, 15) is 4.79 Å². The first-order valence-electron chi connectivity index (χ1n) is 4.38. The van der Waals surface area contributed by atoms with Crippen molar-refractivity contribution in [1.82, 2.24) is 0 Å². The second-order valence-electron chi connectivity index (χ2n) is 3.02. The van der Waals surface area contributed by atoms with Crippen molar-refractivity contribution in [1.29, 1.82) is 0 Å². The molecule has 0 radical (unpaired) electrons. The van der Waals surface area contributed by atoms with E-state index in [1.165, 1.54) is 11.3 Å². The molecule has 0 aliphatic rings. The van der Waals surface area contributed by atoms with E-state index in [-0.39, 0.29) is 5.78 Å². The van der Waals surface area contributed by atoms with Crippen LogP contribution in [0.5, 0.6) is 0 Å². The molecule has 0 unspecified atom stereocenters. The van der Waals surface area contributed by atoms with Crippen LogP contribution in [-0.2, 0) is 6.42 Å². The third kappa shape index (κ3) is 2.09. The van der Waals surface area contributed by atoms with E-state index in [1.807, 2.05) is 41.8 Å². The summed E-state index contributed by atoms with van der Waals surface area (Å²) in [5.74, 6) is 0.137. The molecule has 0 saturated heterocycles. The molecule has 0 N–H and O–H groups in total. The first-order valence-corrected chi connectivity index (χ1v) is 5.26. The molecule has 14 heavy (non-hydrogen) atoms. The zero-order valence-corrected chi connectivity index (χ0v) is 8.38. The zero-order chi connectivity index (χ0) is 9.80. The fourth-order valence-electron chi connectivity index (χ4n) is 1.26. The van der Waals surface area contributed by atoms with Crippen LogP contribution in [0.3, 0.4) is 0 Å². The van der Waals surface area contributed by atoms with Crippen LogP contribution in [0.1, 0.15) is 15.9 Å². The van der Waals surface area contributed by atoms with Gasteiger partial charge in [-0.25, -0.2) is 0 Å². The summed E-state index contributed by atoms with van der Waals surface area (Å²) in [6.45, 7) is 0. The summed E-state index contributed by atoms with van der Waals surface area (Å²) in [5, 5.41) is 4.82. The van der Waals surface area contributed by atoms with E-state index in [1.54, 1.807) is 0 Å². The van der Waals surface area contributed by atoms with Crippen LogP contribution in [0.4, 0.5) is 0 Å². The lowest BCUT2D eigenvalue weighted by atomic mass is 10.1. The maximum absolute atomic E-state index is 11.7. The van der Waals surface area contributed by atoms with Gasteiger partial charge in [0.05, 0.1) is 5.78 Å². The van der Waals surface area contributed by atoms with E-state index >= 15 is 0 Å². The average Bonchev–Trinajstić information content (AvgIpc) is 2.72. The predicted octanol–water partition coefficient (Wildman–Crippen LogP) is 2.97. The number of Topliss-reactive ketones (excluding diaryl/α,β-unsaturated/α-hetero) is 1. The predicted molar refractivity (Wildman–Crippen MR) is 57.6 cm³/mol. The molecule has 0 amide bonds. The van der Waals surface area contributed by atoms with Gasteiger partial charge in [0.1, 0.15) is 0 Å². The zero-order valence-electron chi connectivity index (χ0n) is 7.57. The minimum Gasteiger partial charge on any atom is -0.351 e. The summed E-state index contributed by atoms with van der Waals surface area (Å²) in [7, 11) is 0. The lowest BCUT2D eigenvalue weighted by molar-refractivity contribution is 0.0993. The molecule has 1 nitrogen and oxygen atoms in total. The SMILES string of the molecule is O=C(Cc1ccccc1)c1[c-]scc1. The Labute approximate surface area is 87.0 Å². The van der Waals surface area contributed by atoms with E-state index in [2.05, 4.69) is 5.38 Å². The van der Waals surface area contributed by atoms with Gasteiger partial charge < -0.3 is 4.79 Å². The van der Waals surface area contributed by atoms with Crippen LogP contribution in [0.15, 0.2) is 41.8 Å². The van der Waals surface area contributed by atoms with Crippen LogP contribution >= 0.6 is 11.3 Å². The minimum atomic E-state index is 0.137. The molecular weight excluding hydrogens is 192 g/mol. The summed E-state index contributed by atoms with van der Waals surface area (Å²) in [5.41, 5.74) is 1.75. The third-order valence-electron chi connectivity index (χ3n) is 1.98. The van der Waals surface area contributed by atoms with Crippen LogP contribution in [0.25, 0.3) is 0 Å². The molecule has 0 aliphatic carbocycles. The summed E-state index contributed by atoms with van der Waals surface area (Å²) in [4.78, 5) is 11.7. The van der Waals surface area contributed by atoms with E-state index in [4.69, 9.17) is 0 Å². The standard InChI is InChI=1S/C12H9OS/c13-12(11-6-7-14-9-11)8-10-4-2-1-3-5-10/h1-7H,8H2/q-1. The molecule has 0 spiro atoms. The second kappa shape index (κ2) is 4.20. The number of carbonyl (C=O) groups is 1. The van der Waals surface area contributed by atoms with Crippen LogP contribution in [-0.4, -0.2) is 5.78 Å². The van der Waals surface area contributed by atoms with Crippen molar-refractivity contribution < 1.29 is 4.79 Å². The van der Waals surface area contributed by atoms with Crippen molar-refractivity contribution in [2.45, 2.75) is 6.42 Å². The normalized spacial score (nSPS) is 10.0. The number of carbonyl (C=O) groups excluding carboxylic acids is 1. The number of hydrogen-bond donors (Lipinski definition) is 0. The molecule has 1 aromatic carbocycles. The van der Waals surface area contributed by atoms with Gasteiger partial charge in [-0.15, -0.1) is 10.9 Å². The summed E-state index contributed by atoms with van der Waals surface area (Å²) in [6, 6.07) is 11.6. The smallest absolute Gasteiger partial charge is 0.0830 e. The van der Waals surface area contributed by atoms with E-state index in [0.29, 0.717) is 12.0 Å². The molecule has 0 bridgehead atoms. The van der Waals surface area contributed by atoms with Crippen LogP contribution < -0.4 is 0 Å². The molecule has 0 saturated carbocycles. The van der Waals surface area contributed by atoms with Crippen LogP contribution in [0.2, 0.25) is 0 Å². The minimum absolute atomic E-state index is 0.137. The highest BCUT2D eigenvalue weighted by atomic mass is 32.1. The Kier molecular flexibility index (Phi) is 2.75. The summed E-state index contributed by atoms with van der Waals surface area (Å²) < 4.78 is 0. The van der Waals surface area contributed by atoms with Gasteiger partial charge in [-0.05, 0) is 5.56 Å². The molecule has 2 aromatic rings. The Morgan fingerprint density at radius 1 is 1.21 bits per heavy atom. The number of benzene rings is 1. The highest BCUT2D eigenvalue weighted by Crippen LogP contribution is 2.09. The Morgan fingerprint density at radius 2 is 2.00 bits per heavy atom. The van der Waals surface area contributed by atoms with E-state index < -0.39 is 0 Å². The quantitative estimate of drug-likeness (QED) is 0.551. The van der Waals surface area contributed by atoms with Crippen molar-refractivity contribution in [2.75, 3.05) is 0 Å². The molecule has 0 fully saturated rings. The summed E-state index contributed by atoms with van der Waals surface area (Å²) >= 11 is 1.43. The van der Waals surface area contributed by atoms with Crippen molar-refractivity contribution in [2.24, 2.45) is 0 Å². The van der Waals surface area contributed by atoms with Gasteiger partial charge in [0, 0.05) is 6.42 Å². The van der Waals surface area contributed by atoms with E-state index in [0.717, 1.165) is 5.56 Å². The van der Waals surface area contributed by atoms with Gasteiger partial charge in [-0.3, -0.25) is 11.3 Å². The first kappa shape index (κ1) is 9.16. The maximum Gasteiger partial charge on any atom is 0.0830 e. The fraction of sp³-hybridized carbons (Fsp3) is 0.0833. The Hall–Kier alpha value is -1.41. The summed E-state index contributed by atoms with van der Waals surface area (Å²) in [6.07, 6.45) is 0.466.